The number of aromatic nitrogens is 2. The van der Waals surface area contributed by atoms with Gasteiger partial charge in [0.1, 0.15) is 0 Å². The molecule has 0 aliphatic rings. The van der Waals surface area contributed by atoms with Gasteiger partial charge in [-0.05, 0) is 31.6 Å². The van der Waals surface area contributed by atoms with Crippen LogP contribution in [-0.4, -0.2) is 28.0 Å². The maximum absolute atomic E-state index is 11.7. The molecule has 1 N–H and O–H groups in total. The highest BCUT2D eigenvalue weighted by atomic mass is 32.1. The zero-order valence-corrected chi connectivity index (χ0v) is 12.9. The number of pyridine rings is 1. The largest absolute Gasteiger partial charge is 0.312 e. The van der Waals surface area contributed by atoms with Crippen LogP contribution in [0.15, 0.2) is 29.3 Å². The zero-order chi connectivity index (χ0) is 14.4. The van der Waals surface area contributed by atoms with Gasteiger partial charge in [0.15, 0.2) is 0 Å². The summed E-state index contributed by atoms with van der Waals surface area (Å²) in [6.45, 7) is 7.27. The van der Waals surface area contributed by atoms with Crippen molar-refractivity contribution in [2.24, 2.45) is 0 Å². The molecular formula is C15H21N3OS. The van der Waals surface area contributed by atoms with Crippen molar-refractivity contribution in [3.8, 4) is 11.3 Å². The highest BCUT2D eigenvalue weighted by Crippen LogP contribution is 2.23. The SMILES string of the molecule is CCCCN(CC)Cc1sc(=O)[nH]c1-c1ccncc1. The molecule has 0 aliphatic carbocycles. The van der Waals surface area contributed by atoms with Crippen molar-refractivity contribution in [1.82, 2.24) is 14.9 Å². The van der Waals surface area contributed by atoms with Crippen LogP contribution in [0.5, 0.6) is 0 Å². The third kappa shape index (κ3) is 3.77. The van der Waals surface area contributed by atoms with Gasteiger partial charge in [-0.15, -0.1) is 0 Å². The number of nitrogens with one attached hydrogen (secondary N) is 1. The average Bonchev–Trinajstić information content (AvgIpc) is 2.85. The van der Waals surface area contributed by atoms with Crippen LogP contribution in [0.3, 0.4) is 0 Å². The lowest BCUT2D eigenvalue weighted by Crippen LogP contribution is -2.23. The molecule has 0 radical (unpaired) electrons. The Kier molecular flexibility index (Phi) is 5.49. The van der Waals surface area contributed by atoms with Crippen LogP contribution in [0.25, 0.3) is 11.3 Å². The molecule has 0 amide bonds. The molecule has 0 saturated heterocycles. The molecule has 4 nitrogen and oxygen atoms in total. The van der Waals surface area contributed by atoms with Gasteiger partial charge in [0.05, 0.1) is 5.69 Å². The summed E-state index contributed by atoms with van der Waals surface area (Å²) in [4.78, 5) is 22.2. The minimum absolute atomic E-state index is 0.0124. The van der Waals surface area contributed by atoms with Crippen molar-refractivity contribution in [3.63, 3.8) is 0 Å². The van der Waals surface area contributed by atoms with Crippen LogP contribution in [0, 0.1) is 0 Å². The van der Waals surface area contributed by atoms with Gasteiger partial charge in [-0.2, -0.15) is 0 Å². The zero-order valence-electron chi connectivity index (χ0n) is 12.1. The Hall–Kier alpha value is -1.46. The first-order valence-corrected chi connectivity index (χ1v) is 7.91. The molecule has 5 heteroatoms. The molecule has 108 valence electrons. The summed E-state index contributed by atoms with van der Waals surface area (Å²) in [6, 6.07) is 3.87. The first-order valence-electron chi connectivity index (χ1n) is 7.09. The van der Waals surface area contributed by atoms with E-state index in [1.807, 2.05) is 12.1 Å². The predicted octanol–water partition coefficient (Wildman–Crippen LogP) is 3.12. The third-order valence-electron chi connectivity index (χ3n) is 3.33. The normalized spacial score (nSPS) is 11.2. The third-order valence-corrected chi connectivity index (χ3v) is 4.20. The molecule has 2 heterocycles. The van der Waals surface area contributed by atoms with Gasteiger partial charge in [0, 0.05) is 29.4 Å². The number of rotatable bonds is 7. The van der Waals surface area contributed by atoms with E-state index in [0.717, 1.165) is 35.8 Å². The van der Waals surface area contributed by atoms with Crippen molar-refractivity contribution in [2.75, 3.05) is 13.1 Å². The molecule has 0 aromatic carbocycles. The Morgan fingerprint density at radius 3 is 2.70 bits per heavy atom. The van der Waals surface area contributed by atoms with E-state index in [9.17, 15) is 4.79 Å². The first kappa shape index (κ1) is 14.9. The van der Waals surface area contributed by atoms with Crippen LogP contribution in [0.1, 0.15) is 31.6 Å². The second kappa shape index (κ2) is 7.36. The van der Waals surface area contributed by atoms with Crippen molar-refractivity contribution in [1.29, 1.82) is 0 Å². The highest BCUT2D eigenvalue weighted by molar-refractivity contribution is 7.09. The van der Waals surface area contributed by atoms with E-state index in [4.69, 9.17) is 0 Å². The van der Waals surface area contributed by atoms with Crippen LogP contribution in [-0.2, 0) is 6.54 Å². The Balaban J connectivity index is 2.22. The molecule has 0 atom stereocenters. The van der Waals surface area contributed by atoms with Crippen LogP contribution in [0.4, 0.5) is 0 Å². The second-order valence-electron chi connectivity index (χ2n) is 4.77. The number of aromatic amines is 1. The van der Waals surface area contributed by atoms with Gasteiger partial charge in [0.2, 0.25) is 0 Å². The molecule has 0 bridgehead atoms. The molecule has 2 aromatic heterocycles. The van der Waals surface area contributed by atoms with Crippen molar-refractivity contribution in [3.05, 3.63) is 39.1 Å². The van der Waals surface area contributed by atoms with Gasteiger partial charge in [0.25, 0.3) is 0 Å². The monoisotopic (exact) mass is 291 g/mol. The summed E-state index contributed by atoms with van der Waals surface area (Å²) in [5.41, 5.74) is 1.97. The number of hydrogen-bond acceptors (Lipinski definition) is 4. The van der Waals surface area contributed by atoms with E-state index in [-0.39, 0.29) is 4.87 Å². The lowest BCUT2D eigenvalue weighted by molar-refractivity contribution is 0.278. The maximum atomic E-state index is 11.7. The number of unbranched alkanes of at least 4 members (excludes halogenated alkanes) is 1. The summed E-state index contributed by atoms with van der Waals surface area (Å²) in [6.07, 6.45) is 5.89. The molecule has 0 aliphatic heterocycles. The maximum Gasteiger partial charge on any atom is 0.305 e. The molecule has 0 unspecified atom stereocenters. The smallest absolute Gasteiger partial charge is 0.305 e. The topological polar surface area (TPSA) is 49.0 Å². The van der Waals surface area contributed by atoms with E-state index in [2.05, 4.69) is 28.7 Å². The van der Waals surface area contributed by atoms with Crippen LogP contribution in [0.2, 0.25) is 0 Å². The summed E-state index contributed by atoms with van der Waals surface area (Å²) in [5, 5.41) is 0. The number of hydrogen-bond donors (Lipinski definition) is 1. The summed E-state index contributed by atoms with van der Waals surface area (Å²) < 4.78 is 0. The van der Waals surface area contributed by atoms with Gasteiger partial charge >= 0.3 is 4.87 Å². The van der Waals surface area contributed by atoms with E-state index >= 15 is 0 Å². The van der Waals surface area contributed by atoms with Crippen molar-refractivity contribution < 1.29 is 0 Å². The lowest BCUT2D eigenvalue weighted by Gasteiger charge is -2.19. The fraction of sp³-hybridized carbons (Fsp3) is 0.467. The van der Waals surface area contributed by atoms with Crippen LogP contribution >= 0.6 is 11.3 Å². The molecular weight excluding hydrogens is 270 g/mol. The summed E-state index contributed by atoms with van der Waals surface area (Å²) >= 11 is 1.31. The van der Waals surface area contributed by atoms with Gasteiger partial charge < -0.3 is 4.98 Å². The van der Waals surface area contributed by atoms with E-state index in [0.29, 0.717) is 0 Å². The Bertz CT molecular complexity index is 576. The van der Waals surface area contributed by atoms with Gasteiger partial charge in [-0.1, -0.05) is 31.6 Å². The summed E-state index contributed by atoms with van der Waals surface area (Å²) in [5.74, 6) is 0. The average molecular weight is 291 g/mol. The number of nitrogens with zero attached hydrogens (tertiary/aromatic N) is 2. The molecule has 20 heavy (non-hydrogen) atoms. The fourth-order valence-electron chi connectivity index (χ4n) is 2.16. The lowest BCUT2D eigenvalue weighted by atomic mass is 10.1. The second-order valence-corrected chi connectivity index (χ2v) is 5.84. The Morgan fingerprint density at radius 1 is 1.30 bits per heavy atom. The van der Waals surface area contributed by atoms with Gasteiger partial charge in [-0.3, -0.25) is 14.7 Å². The quantitative estimate of drug-likeness (QED) is 0.852. The highest BCUT2D eigenvalue weighted by Gasteiger charge is 2.13. The number of thiazole rings is 1. The Morgan fingerprint density at radius 2 is 2.05 bits per heavy atom. The number of H-pyrrole nitrogens is 1. The minimum Gasteiger partial charge on any atom is -0.312 e. The predicted molar refractivity (Wildman–Crippen MR) is 84.0 cm³/mol. The van der Waals surface area contributed by atoms with E-state index in [1.54, 1.807) is 12.4 Å². The van der Waals surface area contributed by atoms with Crippen LogP contribution < -0.4 is 4.87 Å². The molecule has 0 fully saturated rings. The minimum atomic E-state index is 0.0124. The van der Waals surface area contributed by atoms with Crippen molar-refractivity contribution in [2.45, 2.75) is 33.2 Å². The molecule has 2 rings (SSSR count). The summed E-state index contributed by atoms with van der Waals surface area (Å²) in [7, 11) is 0. The molecule has 0 saturated carbocycles. The molecule has 0 spiro atoms. The van der Waals surface area contributed by atoms with Crippen molar-refractivity contribution >= 4 is 11.3 Å². The van der Waals surface area contributed by atoms with E-state index in [1.165, 1.54) is 24.2 Å². The first-order chi connectivity index (χ1) is 9.74. The van der Waals surface area contributed by atoms with E-state index < -0.39 is 0 Å². The Labute approximate surface area is 123 Å². The van der Waals surface area contributed by atoms with Gasteiger partial charge in [-0.25, -0.2) is 0 Å². The standard InChI is InChI=1S/C15H21N3OS/c1-3-5-10-18(4-2)11-13-14(17-15(19)20-13)12-6-8-16-9-7-12/h6-9H,3-5,10-11H2,1-2H3,(H,17,19). The fourth-order valence-corrected chi connectivity index (χ4v) is 3.05. The molecule has 2 aromatic rings.